The van der Waals surface area contributed by atoms with E-state index in [1.165, 1.54) is 17.6 Å². The number of para-hydroxylation sites is 2. The first-order chi connectivity index (χ1) is 14.1. The zero-order valence-corrected chi connectivity index (χ0v) is 16.5. The average molecular weight is 390 g/mol. The molecular formula is C24H23FN2O2. The number of amides is 1. The standard InChI is InChI=1S/C24H23FN2O2/c1-3-22(29-23-12-8-6-10-19(23)25)24(28)26-16-13-14-21-18(15-16)17-9-5-7-11-20(17)27(21)4-2/h5-15,22H,3-4H2,1-2H3,(H,26,28)/t22-/m1/s1. The van der Waals surface area contributed by atoms with Crippen molar-refractivity contribution >= 4 is 33.4 Å². The van der Waals surface area contributed by atoms with Crippen molar-refractivity contribution < 1.29 is 13.9 Å². The molecule has 0 spiro atoms. The normalized spacial score (nSPS) is 12.2. The Labute approximate surface area is 168 Å². The summed E-state index contributed by atoms with van der Waals surface area (Å²) < 4.78 is 21.7. The van der Waals surface area contributed by atoms with Crippen LogP contribution >= 0.6 is 0 Å². The van der Waals surface area contributed by atoms with Crippen molar-refractivity contribution in [3.8, 4) is 5.75 Å². The Kier molecular flexibility index (Phi) is 5.21. The number of anilines is 1. The molecule has 0 radical (unpaired) electrons. The van der Waals surface area contributed by atoms with Crippen molar-refractivity contribution in [2.75, 3.05) is 5.32 Å². The van der Waals surface area contributed by atoms with E-state index in [9.17, 15) is 9.18 Å². The lowest BCUT2D eigenvalue weighted by Gasteiger charge is -2.17. The van der Waals surface area contributed by atoms with Crippen molar-refractivity contribution in [1.82, 2.24) is 4.57 Å². The SMILES string of the molecule is CC[C@@H](Oc1ccccc1F)C(=O)Nc1ccc2c(c1)c1ccccc1n2CC. The van der Waals surface area contributed by atoms with E-state index >= 15 is 0 Å². The molecular weight excluding hydrogens is 367 g/mol. The number of carbonyl (C=O) groups is 1. The Hall–Kier alpha value is -3.34. The number of carbonyl (C=O) groups excluding carboxylic acids is 1. The van der Waals surface area contributed by atoms with Crippen LogP contribution in [0.2, 0.25) is 0 Å². The number of aromatic nitrogens is 1. The molecule has 3 aromatic carbocycles. The van der Waals surface area contributed by atoms with Crippen LogP contribution in [0.25, 0.3) is 21.8 Å². The second kappa shape index (κ2) is 7.95. The molecule has 0 bridgehead atoms. The van der Waals surface area contributed by atoms with E-state index in [0.29, 0.717) is 12.1 Å². The summed E-state index contributed by atoms with van der Waals surface area (Å²) >= 11 is 0. The van der Waals surface area contributed by atoms with Crippen LogP contribution in [0.1, 0.15) is 20.3 Å². The van der Waals surface area contributed by atoms with Gasteiger partial charge in [0.15, 0.2) is 17.7 Å². The summed E-state index contributed by atoms with van der Waals surface area (Å²) in [6.07, 6.45) is -0.350. The highest BCUT2D eigenvalue weighted by molar-refractivity contribution is 6.10. The third kappa shape index (κ3) is 3.56. The second-order valence-corrected chi connectivity index (χ2v) is 6.93. The molecule has 5 heteroatoms. The first kappa shape index (κ1) is 19.0. The van der Waals surface area contributed by atoms with E-state index < -0.39 is 11.9 Å². The minimum absolute atomic E-state index is 0.0796. The van der Waals surface area contributed by atoms with E-state index in [4.69, 9.17) is 4.74 Å². The maximum Gasteiger partial charge on any atom is 0.265 e. The van der Waals surface area contributed by atoms with Gasteiger partial charge in [-0.25, -0.2) is 4.39 Å². The number of benzene rings is 3. The molecule has 1 heterocycles. The minimum Gasteiger partial charge on any atom is -0.478 e. The van der Waals surface area contributed by atoms with Gasteiger partial charge in [0.1, 0.15) is 0 Å². The van der Waals surface area contributed by atoms with Gasteiger partial charge in [-0.15, -0.1) is 0 Å². The van der Waals surface area contributed by atoms with Crippen LogP contribution in [0, 0.1) is 5.82 Å². The van der Waals surface area contributed by atoms with Crippen molar-refractivity contribution in [2.45, 2.75) is 32.9 Å². The highest BCUT2D eigenvalue weighted by atomic mass is 19.1. The molecule has 1 atom stereocenters. The van der Waals surface area contributed by atoms with Crippen LogP contribution in [-0.4, -0.2) is 16.6 Å². The van der Waals surface area contributed by atoms with Crippen LogP contribution in [-0.2, 0) is 11.3 Å². The highest BCUT2D eigenvalue weighted by Gasteiger charge is 2.20. The summed E-state index contributed by atoms with van der Waals surface area (Å²) in [6.45, 7) is 4.82. The van der Waals surface area contributed by atoms with Gasteiger partial charge < -0.3 is 14.6 Å². The van der Waals surface area contributed by atoms with Crippen molar-refractivity contribution in [2.24, 2.45) is 0 Å². The molecule has 0 saturated carbocycles. The predicted octanol–water partition coefficient (Wildman–Crippen LogP) is 5.75. The van der Waals surface area contributed by atoms with Gasteiger partial charge in [0.2, 0.25) is 0 Å². The molecule has 0 aliphatic rings. The summed E-state index contributed by atoms with van der Waals surface area (Å²) in [5, 5.41) is 5.16. The molecule has 148 valence electrons. The molecule has 1 aromatic heterocycles. The minimum atomic E-state index is -0.778. The number of aryl methyl sites for hydroxylation is 1. The summed E-state index contributed by atoms with van der Waals surface area (Å²) in [5.41, 5.74) is 2.99. The van der Waals surface area contributed by atoms with Crippen molar-refractivity contribution in [3.05, 3.63) is 72.5 Å². The fraction of sp³-hybridized carbons (Fsp3) is 0.208. The predicted molar refractivity (Wildman–Crippen MR) is 115 cm³/mol. The molecule has 29 heavy (non-hydrogen) atoms. The maximum atomic E-state index is 13.9. The molecule has 4 aromatic rings. The van der Waals surface area contributed by atoms with Gasteiger partial charge >= 0.3 is 0 Å². The number of rotatable bonds is 6. The van der Waals surface area contributed by atoms with Gasteiger partial charge in [-0.2, -0.15) is 0 Å². The largest absolute Gasteiger partial charge is 0.478 e. The van der Waals surface area contributed by atoms with Crippen molar-refractivity contribution in [1.29, 1.82) is 0 Å². The fourth-order valence-electron chi connectivity index (χ4n) is 3.71. The number of ether oxygens (including phenoxy) is 1. The third-order valence-corrected chi connectivity index (χ3v) is 5.13. The Bertz CT molecular complexity index is 1180. The van der Waals surface area contributed by atoms with Gasteiger partial charge in [0, 0.05) is 34.0 Å². The monoisotopic (exact) mass is 390 g/mol. The zero-order valence-electron chi connectivity index (χ0n) is 16.5. The number of nitrogens with zero attached hydrogens (tertiary/aromatic N) is 1. The number of halogens is 1. The number of nitrogens with one attached hydrogen (secondary N) is 1. The Balaban J connectivity index is 1.62. The summed E-state index contributed by atoms with van der Waals surface area (Å²) in [6, 6.07) is 20.2. The topological polar surface area (TPSA) is 43.3 Å². The molecule has 4 rings (SSSR count). The van der Waals surface area contributed by atoms with Crippen LogP contribution in [0.15, 0.2) is 66.7 Å². The summed E-state index contributed by atoms with van der Waals surface area (Å²) in [7, 11) is 0. The Morgan fingerprint density at radius 3 is 2.48 bits per heavy atom. The molecule has 0 aliphatic heterocycles. The average Bonchev–Trinajstić information content (AvgIpc) is 3.06. The van der Waals surface area contributed by atoms with Gasteiger partial charge in [-0.1, -0.05) is 37.3 Å². The zero-order chi connectivity index (χ0) is 20.4. The van der Waals surface area contributed by atoms with Crippen LogP contribution in [0.5, 0.6) is 5.75 Å². The number of hydrogen-bond donors (Lipinski definition) is 1. The van der Waals surface area contributed by atoms with Gasteiger partial charge in [-0.3, -0.25) is 4.79 Å². The first-order valence-electron chi connectivity index (χ1n) is 9.85. The van der Waals surface area contributed by atoms with Crippen molar-refractivity contribution in [3.63, 3.8) is 0 Å². The third-order valence-electron chi connectivity index (χ3n) is 5.13. The Morgan fingerprint density at radius 1 is 1.00 bits per heavy atom. The van der Waals surface area contributed by atoms with E-state index in [1.807, 2.05) is 37.3 Å². The van der Waals surface area contributed by atoms with Crippen LogP contribution < -0.4 is 10.1 Å². The molecule has 1 amide bonds. The first-order valence-corrected chi connectivity index (χ1v) is 9.85. The molecule has 4 nitrogen and oxygen atoms in total. The lowest BCUT2D eigenvalue weighted by molar-refractivity contribution is -0.122. The highest BCUT2D eigenvalue weighted by Crippen LogP contribution is 2.31. The number of hydrogen-bond acceptors (Lipinski definition) is 2. The summed E-state index contributed by atoms with van der Waals surface area (Å²) in [4.78, 5) is 12.8. The van der Waals surface area contributed by atoms with E-state index in [0.717, 1.165) is 22.8 Å². The lowest BCUT2D eigenvalue weighted by atomic mass is 10.1. The van der Waals surface area contributed by atoms with Gasteiger partial charge in [0.25, 0.3) is 5.91 Å². The van der Waals surface area contributed by atoms with Crippen LogP contribution in [0.4, 0.5) is 10.1 Å². The molecule has 0 saturated heterocycles. The molecule has 0 unspecified atom stereocenters. The quantitative estimate of drug-likeness (QED) is 0.456. The molecule has 1 N–H and O–H groups in total. The molecule has 0 aliphatic carbocycles. The lowest BCUT2D eigenvalue weighted by Crippen LogP contribution is -2.32. The van der Waals surface area contributed by atoms with E-state index in [-0.39, 0.29) is 11.7 Å². The van der Waals surface area contributed by atoms with Gasteiger partial charge in [-0.05, 0) is 49.7 Å². The van der Waals surface area contributed by atoms with E-state index in [1.54, 1.807) is 12.1 Å². The number of fused-ring (bicyclic) bond motifs is 3. The van der Waals surface area contributed by atoms with Gasteiger partial charge in [0.05, 0.1) is 0 Å². The summed E-state index contributed by atoms with van der Waals surface area (Å²) in [5.74, 6) is -0.696. The smallest absolute Gasteiger partial charge is 0.265 e. The maximum absolute atomic E-state index is 13.9. The fourth-order valence-corrected chi connectivity index (χ4v) is 3.71. The molecule has 0 fully saturated rings. The van der Waals surface area contributed by atoms with Crippen LogP contribution in [0.3, 0.4) is 0 Å². The van der Waals surface area contributed by atoms with E-state index in [2.05, 4.69) is 28.9 Å². The second-order valence-electron chi connectivity index (χ2n) is 6.93. The Morgan fingerprint density at radius 2 is 1.72 bits per heavy atom.